The van der Waals surface area contributed by atoms with E-state index in [4.69, 9.17) is 9.97 Å². The van der Waals surface area contributed by atoms with Crippen LogP contribution in [0.25, 0.3) is 108 Å². The molecule has 49 heavy (non-hydrogen) atoms. The van der Waals surface area contributed by atoms with Crippen LogP contribution in [-0.2, 0) is 0 Å². The maximum Gasteiger partial charge on any atom is 0.162 e. The van der Waals surface area contributed by atoms with Crippen molar-refractivity contribution in [2.45, 2.75) is 0 Å². The van der Waals surface area contributed by atoms with Crippen molar-refractivity contribution in [3.05, 3.63) is 146 Å². The molecular weight excluding hydrogens is 617 g/mol. The second kappa shape index (κ2) is 9.19. The zero-order chi connectivity index (χ0) is 31.8. The summed E-state index contributed by atoms with van der Waals surface area (Å²) in [6, 6.07) is 52.5. The summed E-state index contributed by atoms with van der Waals surface area (Å²) in [4.78, 5) is 10.8. The standard InChI is InChI=1S/C44H24N4S/c1-2-13-26(14-3-1)43-45-39-30-18-8-11-21-36(30)49-42(39)44(46-43)48-35-24-32-28-16-6-9-19-33(28)47-34-20-10-7-17-29(34)38(41(32)47)37(35)31-23-22-25-12-4-5-15-27(25)40(31)48/h1-24H. The molecule has 5 aromatic heterocycles. The van der Waals surface area contributed by atoms with E-state index in [1.807, 2.05) is 6.07 Å². The van der Waals surface area contributed by atoms with Crippen molar-refractivity contribution in [3.63, 3.8) is 0 Å². The lowest BCUT2D eigenvalue weighted by molar-refractivity contribution is 1.09. The molecule has 0 unspecified atom stereocenters. The lowest BCUT2D eigenvalue weighted by Crippen LogP contribution is -2.02. The molecule has 5 heteroatoms. The summed E-state index contributed by atoms with van der Waals surface area (Å²) in [6.45, 7) is 0. The number of hydrogen-bond acceptors (Lipinski definition) is 3. The molecule has 0 aliphatic rings. The van der Waals surface area contributed by atoms with Gasteiger partial charge in [0.25, 0.3) is 0 Å². The van der Waals surface area contributed by atoms with Crippen LogP contribution in [0.1, 0.15) is 0 Å². The van der Waals surface area contributed by atoms with Crippen molar-refractivity contribution < 1.29 is 0 Å². The van der Waals surface area contributed by atoms with E-state index < -0.39 is 0 Å². The van der Waals surface area contributed by atoms with Gasteiger partial charge in [0.05, 0.1) is 37.8 Å². The van der Waals surface area contributed by atoms with Crippen molar-refractivity contribution in [2.75, 3.05) is 0 Å². The highest BCUT2D eigenvalue weighted by molar-refractivity contribution is 7.26. The van der Waals surface area contributed by atoms with E-state index in [0.717, 1.165) is 38.3 Å². The smallest absolute Gasteiger partial charge is 0.162 e. The Bertz CT molecular complexity index is 3330. The molecule has 12 aromatic rings. The van der Waals surface area contributed by atoms with Crippen LogP contribution >= 0.6 is 11.3 Å². The number of benzene rings is 7. The molecule has 0 amide bonds. The molecule has 0 aliphatic heterocycles. The van der Waals surface area contributed by atoms with Crippen LogP contribution in [0.2, 0.25) is 0 Å². The van der Waals surface area contributed by atoms with Gasteiger partial charge in [-0.05, 0) is 29.7 Å². The van der Waals surface area contributed by atoms with Crippen LogP contribution in [0.15, 0.2) is 146 Å². The highest BCUT2D eigenvalue weighted by Gasteiger charge is 2.27. The minimum atomic E-state index is 0.731. The van der Waals surface area contributed by atoms with Gasteiger partial charge in [0.15, 0.2) is 11.6 Å². The van der Waals surface area contributed by atoms with Crippen LogP contribution in [0.3, 0.4) is 0 Å². The molecule has 0 N–H and O–H groups in total. The van der Waals surface area contributed by atoms with Crippen molar-refractivity contribution in [1.82, 2.24) is 18.9 Å². The molecule has 0 radical (unpaired) electrons. The Morgan fingerprint density at radius 3 is 2.02 bits per heavy atom. The van der Waals surface area contributed by atoms with Gasteiger partial charge < -0.3 is 4.40 Å². The van der Waals surface area contributed by atoms with Gasteiger partial charge in [-0.2, -0.15) is 0 Å². The van der Waals surface area contributed by atoms with Crippen molar-refractivity contribution in [2.24, 2.45) is 0 Å². The lowest BCUT2D eigenvalue weighted by atomic mass is 10.0. The second-order valence-corrected chi connectivity index (χ2v) is 14.0. The molecule has 7 aromatic carbocycles. The summed E-state index contributed by atoms with van der Waals surface area (Å²) < 4.78 is 7.23. The zero-order valence-electron chi connectivity index (χ0n) is 26.1. The molecule has 226 valence electrons. The first-order valence-corrected chi connectivity index (χ1v) is 17.4. The first kappa shape index (κ1) is 25.7. The average molecular weight is 641 g/mol. The predicted octanol–water partition coefficient (Wildman–Crippen LogP) is 11.9. The Labute approximate surface area is 283 Å². The monoisotopic (exact) mass is 640 g/mol. The second-order valence-electron chi connectivity index (χ2n) is 12.9. The van der Waals surface area contributed by atoms with Gasteiger partial charge in [-0.25, -0.2) is 9.97 Å². The van der Waals surface area contributed by atoms with Crippen LogP contribution in [0, 0.1) is 0 Å². The predicted molar refractivity (Wildman–Crippen MR) is 207 cm³/mol. The van der Waals surface area contributed by atoms with Crippen LogP contribution in [-0.4, -0.2) is 18.9 Å². The van der Waals surface area contributed by atoms with Crippen molar-refractivity contribution in [1.29, 1.82) is 0 Å². The van der Waals surface area contributed by atoms with E-state index in [-0.39, 0.29) is 0 Å². The van der Waals surface area contributed by atoms with Gasteiger partial charge in [0.2, 0.25) is 0 Å². The summed E-state index contributed by atoms with van der Waals surface area (Å²) >= 11 is 1.78. The van der Waals surface area contributed by atoms with Gasteiger partial charge in [-0.3, -0.25) is 4.57 Å². The highest BCUT2D eigenvalue weighted by atomic mass is 32.1. The van der Waals surface area contributed by atoms with Gasteiger partial charge in [-0.15, -0.1) is 11.3 Å². The first-order chi connectivity index (χ1) is 24.3. The quantitative estimate of drug-likeness (QED) is 0.188. The molecule has 12 rings (SSSR count). The van der Waals surface area contributed by atoms with Gasteiger partial charge in [-0.1, -0.05) is 121 Å². The molecule has 0 saturated carbocycles. The molecule has 0 aliphatic carbocycles. The number of para-hydroxylation sites is 2. The summed E-state index contributed by atoms with van der Waals surface area (Å²) in [5.74, 6) is 1.65. The maximum absolute atomic E-state index is 5.52. The Morgan fingerprint density at radius 1 is 0.469 bits per heavy atom. The fraction of sp³-hybridized carbons (Fsp3) is 0. The Balaban J connectivity index is 1.39. The lowest BCUT2D eigenvalue weighted by Gasteiger charge is -2.12. The number of thiophene rings is 1. The topological polar surface area (TPSA) is 35.1 Å². The molecule has 0 fully saturated rings. The van der Waals surface area contributed by atoms with Gasteiger partial charge in [0, 0.05) is 53.4 Å². The Morgan fingerprint density at radius 2 is 1.16 bits per heavy atom. The van der Waals surface area contributed by atoms with Gasteiger partial charge >= 0.3 is 0 Å². The minimum absolute atomic E-state index is 0.731. The third kappa shape index (κ3) is 3.23. The summed E-state index contributed by atoms with van der Waals surface area (Å²) in [5, 5.41) is 11.1. The van der Waals surface area contributed by atoms with E-state index in [1.165, 1.54) is 69.9 Å². The van der Waals surface area contributed by atoms with E-state index in [0.29, 0.717) is 0 Å². The zero-order valence-corrected chi connectivity index (χ0v) is 26.9. The molecule has 0 spiro atoms. The van der Waals surface area contributed by atoms with Crippen molar-refractivity contribution >= 4 is 102 Å². The average Bonchev–Trinajstić information content (AvgIpc) is 3.90. The molecule has 0 saturated heterocycles. The number of aromatic nitrogens is 4. The summed E-state index contributed by atoms with van der Waals surface area (Å²) in [5.41, 5.74) is 8.08. The molecule has 5 heterocycles. The van der Waals surface area contributed by atoms with E-state index >= 15 is 0 Å². The maximum atomic E-state index is 5.52. The highest BCUT2D eigenvalue weighted by Crippen LogP contribution is 2.48. The summed E-state index contributed by atoms with van der Waals surface area (Å²) in [7, 11) is 0. The first-order valence-electron chi connectivity index (χ1n) is 16.6. The normalized spacial score (nSPS) is 12.5. The van der Waals surface area contributed by atoms with E-state index in [9.17, 15) is 0 Å². The number of rotatable bonds is 2. The third-order valence-corrected chi connectivity index (χ3v) is 11.6. The minimum Gasteiger partial charge on any atom is -0.308 e. The van der Waals surface area contributed by atoms with E-state index in [1.54, 1.807) is 11.3 Å². The number of hydrogen-bond donors (Lipinski definition) is 0. The summed E-state index contributed by atoms with van der Waals surface area (Å²) in [6.07, 6.45) is 0. The Kier molecular flexibility index (Phi) is 4.83. The van der Waals surface area contributed by atoms with E-state index in [2.05, 4.69) is 148 Å². The SMILES string of the molecule is c1ccc(-c2nc(-n3c4cc5c6ccccc6n6c7ccccc7c(c4c4ccc7ccccc7c43)c56)c3sc4ccccc4c3n2)cc1. The van der Waals surface area contributed by atoms with Gasteiger partial charge in [0.1, 0.15) is 0 Å². The fourth-order valence-corrected chi connectivity index (χ4v) is 9.56. The van der Waals surface area contributed by atoms with Crippen molar-refractivity contribution in [3.8, 4) is 17.2 Å². The molecule has 0 bridgehead atoms. The number of nitrogens with zero attached hydrogens (tertiary/aromatic N) is 4. The fourth-order valence-electron chi connectivity index (χ4n) is 8.44. The van der Waals surface area contributed by atoms with Crippen LogP contribution < -0.4 is 0 Å². The molecule has 0 atom stereocenters. The largest absolute Gasteiger partial charge is 0.308 e. The van der Waals surface area contributed by atoms with Crippen LogP contribution in [0.4, 0.5) is 0 Å². The Hall–Kier alpha value is -6.30. The molecule has 4 nitrogen and oxygen atoms in total. The molecular formula is C44H24N4S. The number of fused-ring (bicyclic) bond motifs is 15. The van der Waals surface area contributed by atoms with Crippen LogP contribution in [0.5, 0.6) is 0 Å². The third-order valence-electron chi connectivity index (χ3n) is 10.4.